The second kappa shape index (κ2) is 5.63. The number of ether oxygens (including phenoxy) is 2. The second-order valence-electron chi connectivity index (χ2n) is 6.19. The fourth-order valence-electron chi connectivity index (χ4n) is 3.21. The smallest absolute Gasteiger partial charge is 0.314 e. The number of likely N-dealkylation sites (tertiary alicyclic amines) is 1. The van der Waals surface area contributed by atoms with E-state index in [1.54, 1.807) is 19.2 Å². The lowest BCUT2D eigenvalue weighted by atomic mass is 9.64. The van der Waals surface area contributed by atoms with Gasteiger partial charge in [0.05, 0.1) is 12.5 Å². The average Bonchev–Trinajstić information content (AvgIpc) is 2.37. The number of halogens is 1. The van der Waals surface area contributed by atoms with Crippen molar-refractivity contribution in [2.45, 2.75) is 30.8 Å². The van der Waals surface area contributed by atoms with Gasteiger partial charge in [-0.15, -0.1) is 0 Å². The molecule has 1 N–H and O–H groups in total. The minimum Gasteiger partial charge on any atom is -0.493 e. The molecule has 3 rings (SSSR count). The Bertz CT molecular complexity index is 594. The van der Waals surface area contributed by atoms with Crippen molar-refractivity contribution in [3.8, 4) is 11.5 Å². The number of hydrogen-bond donors (Lipinski definition) is 1. The summed E-state index contributed by atoms with van der Waals surface area (Å²) < 4.78 is 11.5. The van der Waals surface area contributed by atoms with E-state index in [0.29, 0.717) is 34.9 Å². The molecule has 22 heavy (non-hydrogen) atoms. The molecule has 1 aromatic rings. The van der Waals surface area contributed by atoms with Crippen LogP contribution >= 0.6 is 11.6 Å². The third-order valence-corrected chi connectivity index (χ3v) is 4.90. The highest BCUT2D eigenvalue weighted by atomic mass is 35.5. The Balaban J connectivity index is 2.03. The number of carboxylic acids is 1. The summed E-state index contributed by atoms with van der Waals surface area (Å²) in [6.45, 7) is 1.65. The summed E-state index contributed by atoms with van der Waals surface area (Å²) in [5.74, 6) is 0.218. The minimum atomic E-state index is -0.900. The topological polar surface area (TPSA) is 59.0 Å². The van der Waals surface area contributed by atoms with E-state index < -0.39 is 11.4 Å². The number of hydrogen-bond acceptors (Lipinski definition) is 4. The van der Waals surface area contributed by atoms with Crippen LogP contribution in [0.5, 0.6) is 11.5 Å². The summed E-state index contributed by atoms with van der Waals surface area (Å²) in [5, 5.41) is 10.2. The van der Waals surface area contributed by atoms with Crippen molar-refractivity contribution in [1.82, 2.24) is 4.90 Å². The molecular formula is C16H20ClNO4. The largest absolute Gasteiger partial charge is 0.493 e. The second-order valence-corrected chi connectivity index (χ2v) is 6.62. The Labute approximate surface area is 134 Å². The summed E-state index contributed by atoms with van der Waals surface area (Å²) in [6, 6.07) is 3.39. The van der Waals surface area contributed by atoms with E-state index in [0.717, 1.165) is 19.5 Å². The molecule has 1 aliphatic heterocycles. The Morgan fingerprint density at radius 1 is 1.41 bits per heavy atom. The van der Waals surface area contributed by atoms with Crippen LogP contribution in [0.1, 0.15) is 24.8 Å². The predicted molar refractivity (Wildman–Crippen MR) is 83.1 cm³/mol. The van der Waals surface area contributed by atoms with Crippen molar-refractivity contribution < 1.29 is 19.4 Å². The Morgan fingerprint density at radius 3 is 2.55 bits per heavy atom. The van der Waals surface area contributed by atoms with Gasteiger partial charge in [-0.05, 0) is 26.0 Å². The van der Waals surface area contributed by atoms with E-state index in [9.17, 15) is 9.90 Å². The first-order valence-corrected chi connectivity index (χ1v) is 7.80. The number of carbonyl (C=O) groups is 1. The van der Waals surface area contributed by atoms with E-state index in [1.165, 1.54) is 0 Å². The maximum Gasteiger partial charge on any atom is 0.314 e. The molecule has 120 valence electrons. The molecule has 0 bridgehead atoms. The van der Waals surface area contributed by atoms with Crippen LogP contribution in [0, 0.1) is 0 Å². The van der Waals surface area contributed by atoms with E-state index in [2.05, 4.69) is 4.90 Å². The molecule has 0 atom stereocenters. The number of nitrogens with zero attached hydrogens (tertiary/aromatic N) is 1. The van der Waals surface area contributed by atoms with Crippen molar-refractivity contribution in [3.05, 3.63) is 22.7 Å². The quantitative estimate of drug-likeness (QED) is 0.901. The van der Waals surface area contributed by atoms with Gasteiger partial charge in [0.1, 0.15) is 6.10 Å². The number of methoxy groups -OCH3 is 1. The van der Waals surface area contributed by atoms with Crippen LogP contribution in [-0.2, 0) is 10.2 Å². The van der Waals surface area contributed by atoms with Gasteiger partial charge in [-0.1, -0.05) is 18.0 Å². The molecule has 1 heterocycles. The highest BCUT2D eigenvalue weighted by molar-refractivity contribution is 6.31. The Kier molecular flexibility index (Phi) is 3.95. The van der Waals surface area contributed by atoms with Gasteiger partial charge in [0, 0.05) is 29.7 Å². The molecule has 6 heteroatoms. The van der Waals surface area contributed by atoms with Crippen molar-refractivity contribution in [2.75, 3.05) is 27.2 Å². The molecule has 0 aromatic heterocycles. The van der Waals surface area contributed by atoms with E-state index in [-0.39, 0.29) is 6.10 Å². The van der Waals surface area contributed by atoms with Crippen LogP contribution < -0.4 is 9.47 Å². The van der Waals surface area contributed by atoms with Gasteiger partial charge in [0.2, 0.25) is 0 Å². The zero-order valence-corrected chi connectivity index (χ0v) is 13.5. The van der Waals surface area contributed by atoms with Crippen molar-refractivity contribution >= 4 is 17.6 Å². The summed E-state index contributed by atoms with van der Waals surface area (Å²) in [6.07, 6.45) is 2.16. The Hall–Kier alpha value is -1.46. The molecule has 0 spiro atoms. The zero-order valence-electron chi connectivity index (χ0n) is 12.8. The molecule has 1 saturated heterocycles. The number of aliphatic carboxylic acids is 1. The highest BCUT2D eigenvalue weighted by Gasteiger charge is 2.49. The summed E-state index contributed by atoms with van der Waals surface area (Å²) in [5.41, 5.74) is -0.256. The molecule has 1 saturated carbocycles. The minimum absolute atomic E-state index is 0.0600. The van der Waals surface area contributed by atoms with E-state index in [1.807, 2.05) is 7.05 Å². The molecule has 1 aromatic carbocycles. The van der Waals surface area contributed by atoms with Gasteiger partial charge < -0.3 is 14.6 Å². The predicted octanol–water partition coefficient (Wildman–Crippen LogP) is 2.55. The molecule has 1 aliphatic carbocycles. The van der Waals surface area contributed by atoms with Gasteiger partial charge in [0.15, 0.2) is 11.5 Å². The number of rotatable bonds is 5. The van der Waals surface area contributed by atoms with Crippen LogP contribution in [-0.4, -0.2) is 49.3 Å². The first-order chi connectivity index (χ1) is 10.5. The van der Waals surface area contributed by atoms with Crippen LogP contribution in [0.2, 0.25) is 5.02 Å². The molecule has 5 nitrogen and oxygen atoms in total. The van der Waals surface area contributed by atoms with Gasteiger partial charge in [-0.3, -0.25) is 9.69 Å². The van der Waals surface area contributed by atoms with Crippen LogP contribution in [0.3, 0.4) is 0 Å². The van der Waals surface area contributed by atoms with Gasteiger partial charge in [-0.25, -0.2) is 0 Å². The molecular weight excluding hydrogens is 306 g/mol. The molecule has 2 aliphatic rings. The fourth-order valence-corrected chi connectivity index (χ4v) is 3.42. The molecule has 0 unspecified atom stereocenters. The summed E-state index contributed by atoms with van der Waals surface area (Å²) in [4.78, 5) is 14.0. The lowest BCUT2D eigenvalue weighted by Crippen LogP contribution is -2.52. The molecule has 2 fully saturated rings. The standard InChI is InChI=1S/C16H20ClNO4/c1-18-8-11(9-18)22-14-12(6-10(17)7-13(14)21-2)16(15(19)20)4-3-5-16/h6-7,11H,3-5,8-9H2,1-2H3,(H,19,20). The monoisotopic (exact) mass is 325 g/mol. The molecule has 0 radical (unpaired) electrons. The van der Waals surface area contributed by atoms with E-state index in [4.69, 9.17) is 21.1 Å². The van der Waals surface area contributed by atoms with E-state index >= 15 is 0 Å². The zero-order chi connectivity index (χ0) is 15.9. The maximum absolute atomic E-state index is 11.8. The van der Waals surface area contributed by atoms with Crippen molar-refractivity contribution in [2.24, 2.45) is 0 Å². The van der Waals surface area contributed by atoms with Gasteiger partial charge in [-0.2, -0.15) is 0 Å². The first kappa shape index (κ1) is 15.4. The van der Waals surface area contributed by atoms with Crippen LogP contribution in [0.4, 0.5) is 0 Å². The number of benzene rings is 1. The average molecular weight is 326 g/mol. The Morgan fingerprint density at radius 2 is 2.09 bits per heavy atom. The molecule has 0 amide bonds. The highest BCUT2D eigenvalue weighted by Crippen LogP contribution is 2.51. The summed E-state index contributed by atoms with van der Waals surface area (Å²) in [7, 11) is 3.56. The van der Waals surface area contributed by atoms with Crippen molar-refractivity contribution in [3.63, 3.8) is 0 Å². The lowest BCUT2D eigenvalue weighted by molar-refractivity contribution is -0.147. The SMILES string of the molecule is COc1cc(Cl)cc(C2(C(=O)O)CCC2)c1OC1CN(C)C1. The third kappa shape index (κ3) is 2.42. The van der Waals surface area contributed by atoms with Crippen LogP contribution in [0.15, 0.2) is 12.1 Å². The van der Waals surface area contributed by atoms with Gasteiger partial charge >= 0.3 is 5.97 Å². The van der Waals surface area contributed by atoms with Crippen molar-refractivity contribution in [1.29, 1.82) is 0 Å². The normalized spacial score (nSPS) is 20.9. The first-order valence-electron chi connectivity index (χ1n) is 7.43. The fraction of sp³-hybridized carbons (Fsp3) is 0.562. The number of carboxylic acid groups (broad SMARTS) is 1. The third-order valence-electron chi connectivity index (χ3n) is 4.69. The summed E-state index contributed by atoms with van der Waals surface area (Å²) >= 11 is 6.16. The lowest BCUT2D eigenvalue weighted by Gasteiger charge is -2.41. The maximum atomic E-state index is 11.8. The van der Waals surface area contributed by atoms with Crippen LogP contribution in [0.25, 0.3) is 0 Å². The number of likely N-dealkylation sites (N-methyl/N-ethyl adjacent to an activating group) is 1. The van der Waals surface area contributed by atoms with Gasteiger partial charge in [0.25, 0.3) is 0 Å².